The normalized spacial score (nSPS) is 16.3. The lowest BCUT2D eigenvalue weighted by Gasteiger charge is -2.22. The topological polar surface area (TPSA) is 142 Å². The van der Waals surface area contributed by atoms with E-state index in [1.54, 1.807) is 22.8 Å². The zero-order valence-corrected chi connectivity index (χ0v) is 20.9. The highest BCUT2D eigenvalue weighted by atomic mass is 19.1. The molecule has 4 aromatic heterocycles. The molecule has 1 amide bonds. The number of aromatic nitrogens is 5. The molecule has 5 heterocycles. The summed E-state index contributed by atoms with van der Waals surface area (Å²) in [7, 11) is 0. The Morgan fingerprint density at radius 3 is 2.89 bits per heavy atom. The molecule has 196 valence electrons. The van der Waals surface area contributed by atoms with Crippen LogP contribution in [-0.2, 0) is 4.74 Å². The van der Waals surface area contributed by atoms with Gasteiger partial charge in [0.15, 0.2) is 0 Å². The van der Waals surface area contributed by atoms with E-state index in [2.05, 4.69) is 31.9 Å². The molecule has 0 radical (unpaired) electrons. The molecule has 1 fully saturated rings. The number of hydrogen-bond acceptors (Lipinski definition) is 8. The molecule has 0 bridgehead atoms. The molecule has 0 spiro atoms. The fourth-order valence-electron chi connectivity index (χ4n) is 4.15. The minimum Gasteiger partial charge on any atom is -0.387 e. The second-order valence-electron chi connectivity index (χ2n) is 9.71. The molecule has 3 N–H and O–H groups in total. The molecule has 0 saturated carbocycles. The number of rotatable bonds is 8. The van der Waals surface area contributed by atoms with Crippen LogP contribution in [0, 0.1) is 11.3 Å². The number of halogens is 1. The molecule has 12 heteroatoms. The molecule has 1 aliphatic rings. The van der Waals surface area contributed by atoms with Gasteiger partial charge in [0.2, 0.25) is 0 Å². The van der Waals surface area contributed by atoms with E-state index in [0.717, 1.165) is 11.9 Å². The van der Waals surface area contributed by atoms with Crippen LogP contribution in [0.4, 0.5) is 15.8 Å². The first-order chi connectivity index (χ1) is 18.2. The molecular weight excluding hydrogens is 491 g/mol. The third kappa shape index (κ3) is 5.20. The fourth-order valence-corrected chi connectivity index (χ4v) is 4.15. The number of carbonyl (C=O) groups excluding carboxylic acids is 1. The van der Waals surface area contributed by atoms with E-state index in [0.29, 0.717) is 41.5 Å². The molecule has 5 rings (SSSR count). The molecule has 2 atom stereocenters. The fraction of sp³-hybridized carbons (Fsp3) is 0.346. The first-order valence-corrected chi connectivity index (χ1v) is 12.1. The minimum atomic E-state index is -1.65. The summed E-state index contributed by atoms with van der Waals surface area (Å²) in [5.74, 6) is -0.549. The highest BCUT2D eigenvalue weighted by molar-refractivity contribution is 6.00. The highest BCUT2D eigenvalue weighted by Gasteiger charge is 2.27. The molecule has 11 nitrogen and oxygen atoms in total. The largest absolute Gasteiger partial charge is 0.387 e. The highest BCUT2D eigenvalue weighted by Crippen LogP contribution is 2.28. The Morgan fingerprint density at radius 1 is 1.32 bits per heavy atom. The Labute approximate surface area is 217 Å². The Bertz CT molecular complexity index is 1510. The van der Waals surface area contributed by atoms with Gasteiger partial charge in [0.05, 0.1) is 76.6 Å². The van der Waals surface area contributed by atoms with Crippen molar-refractivity contribution in [2.24, 2.45) is 0 Å². The Morgan fingerprint density at radius 2 is 2.16 bits per heavy atom. The number of fused-ring (bicyclic) bond motifs is 1. The maximum Gasteiger partial charge on any atom is 0.255 e. The maximum atomic E-state index is 14.3. The predicted molar refractivity (Wildman–Crippen MR) is 137 cm³/mol. The van der Waals surface area contributed by atoms with Gasteiger partial charge in [-0.05, 0) is 44.5 Å². The molecule has 0 aromatic carbocycles. The van der Waals surface area contributed by atoms with E-state index < -0.39 is 17.7 Å². The third-order valence-corrected chi connectivity index (χ3v) is 6.41. The molecule has 38 heavy (non-hydrogen) atoms. The van der Waals surface area contributed by atoms with Crippen molar-refractivity contribution >= 4 is 22.8 Å². The Balaban J connectivity index is 1.48. The van der Waals surface area contributed by atoms with Crippen molar-refractivity contribution in [3.05, 3.63) is 60.2 Å². The summed E-state index contributed by atoms with van der Waals surface area (Å²) in [6, 6.07) is 9.28. The van der Waals surface area contributed by atoms with Gasteiger partial charge < -0.3 is 20.5 Å². The van der Waals surface area contributed by atoms with Crippen LogP contribution in [0.5, 0.6) is 0 Å². The van der Waals surface area contributed by atoms with Gasteiger partial charge >= 0.3 is 0 Å². The van der Waals surface area contributed by atoms with Crippen molar-refractivity contribution in [2.75, 3.05) is 25.1 Å². The summed E-state index contributed by atoms with van der Waals surface area (Å²) in [6.07, 6.45) is 5.58. The average Bonchev–Trinajstić information content (AvgIpc) is 3.67. The zero-order valence-electron chi connectivity index (χ0n) is 20.9. The average molecular weight is 519 g/mol. The van der Waals surface area contributed by atoms with E-state index in [-0.39, 0.29) is 18.2 Å². The summed E-state index contributed by atoms with van der Waals surface area (Å²) in [5, 5.41) is 33.6. The standard InChI is InChI=1S/C26H27FN8O3/c1-26(2,37)24(27)13-30-25(36)20-12-29-22(23-4-3-18-7-16(9-28)10-32-35(18)23)8-21(20)33-17-11-31-34(14-17)19-5-6-38-15-19/h3-4,7-8,10-12,14,19,24,37H,5-6,13,15H2,1-2H3,(H,29,33)(H,30,36). The number of amides is 1. The van der Waals surface area contributed by atoms with Crippen LogP contribution in [0.1, 0.15) is 42.2 Å². The van der Waals surface area contributed by atoms with Crippen molar-refractivity contribution in [3.63, 3.8) is 0 Å². The van der Waals surface area contributed by atoms with Gasteiger partial charge in [0, 0.05) is 19.0 Å². The smallest absolute Gasteiger partial charge is 0.255 e. The van der Waals surface area contributed by atoms with E-state index in [9.17, 15) is 14.3 Å². The van der Waals surface area contributed by atoms with Gasteiger partial charge in [-0.2, -0.15) is 15.5 Å². The van der Waals surface area contributed by atoms with E-state index in [4.69, 9.17) is 10.00 Å². The maximum absolute atomic E-state index is 14.3. The zero-order chi connectivity index (χ0) is 26.9. The Kier molecular flexibility index (Phi) is 6.79. The van der Waals surface area contributed by atoms with E-state index in [1.807, 2.05) is 23.0 Å². The van der Waals surface area contributed by atoms with Crippen molar-refractivity contribution in [3.8, 4) is 17.5 Å². The number of aliphatic hydroxyl groups is 1. The molecule has 2 unspecified atom stereocenters. The number of ether oxygens (including phenoxy) is 1. The van der Waals surface area contributed by atoms with Gasteiger partial charge in [-0.3, -0.25) is 14.5 Å². The summed E-state index contributed by atoms with van der Waals surface area (Å²) in [4.78, 5) is 17.5. The first-order valence-electron chi connectivity index (χ1n) is 12.1. The lowest BCUT2D eigenvalue weighted by atomic mass is 10.0. The Hall–Kier alpha value is -4.34. The number of pyridine rings is 1. The molecule has 1 saturated heterocycles. The van der Waals surface area contributed by atoms with Crippen LogP contribution in [0.2, 0.25) is 0 Å². The second-order valence-corrected chi connectivity index (χ2v) is 9.71. The van der Waals surface area contributed by atoms with Gasteiger partial charge in [-0.15, -0.1) is 0 Å². The van der Waals surface area contributed by atoms with Crippen molar-refractivity contribution in [1.82, 2.24) is 29.7 Å². The van der Waals surface area contributed by atoms with Crippen LogP contribution in [-0.4, -0.2) is 66.9 Å². The molecule has 4 aromatic rings. The lowest BCUT2D eigenvalue weighted by molar-refractivity contribution is -0.00177. The summed E-state index contributed by atoms with van der Waals surface area (Å²) < 4.78 is 23.2. The van der Waals surface area contributed by atoms with Crippen molar-refractivity contribution in [1.29, 1.82) is 5.26 Å². The van der Waals surface area contributed by atoms with E-state index in [1.165, 1.54) is 26.2 Å². The van der Waals surface area contributed by atoms with Gasteiger partial charge in [0.25, 0.3) is 5.91 Å². The van der Waals surface area contributed by atoms with Crippen LogP contribution in [0.15, 0.2) is 49.1 Å². The first kappa shape index (κ1) is 25.3. The van der Waals surface area contributed by atoms with Crippen LogP contribution < -0.4 is 10.6 Å². The summed E-state index contributed by atoms with van der Waals surface area (Å²) >= 11 is 0. The van der Waals surface area contributed by atoms with Gasteiger partial charge in [-0.1, -0.05) is 0 Å². The van der Waals surface area contributed by atoms with Gasteiger partial charge in [-0.25, -0.2) is 8.91 Å². The molecule has 0 aliphatic carbocycles. The molecular formula is C26H27FN8O3. The SMILES string of the molecule is CC(C)(O)C(F)CNC(=O)c1cnc(-c2ccc3cc(C#N)cnn23)cc1Nc1cnn(C2CCOC2)c1. The van der Waals surface area contributed by atoms with Gasteiger partial charge in [0.1, 0.15) is 12.2 Å². The van der Waals surface area contributed by atoms with Crippen molar-refractivity contribution < 1.29 is 19.0 Å². The second kappa shape index (κ2) is 10.2. The number of nitrogens with one attached hydrogen (secondary N) is 2. The van der Waals surface area contributed by atoms with Crippen LogP contribution >= 0.6 is 0 Å². The van der Waals surface area contributed by atoms with Crippen molar-refractivity contribution in [2.45, 2.75) is 38.1 Å². The number of nitrogens with zero attached hydrogens (tertiary/aromatic N) is 6. The third-order valence-electron chi connectivity index (χ3n) is 6.41. The predicted octanol–water partition coefficient (Wildman–Crippen LogP) is 3.01. The summed E-state index contributed by atoms with van der Waals surface area (Å²) in [5.41, 5.74) is 2.01. The monoisotopic (exact) mass is 518 g/mol. The number of carbonyl (C=O) groups is 1. The lowest BCUT2D eigenvalue weighted by Crippen LogP contribution is -2.42. The number of nitriles is 1. The van der Waals surface area contributed by atoms with Crippen LogP contribution in [0.25, 0.3) is 16.9 Å². The number of hydrogen-bond donors (Lipinski definition) is 3. The minimum absolute atomic E-state index is 0.140. The van der Waals surface area contributed by atoms with Crippen LogP contribution in [0.3, 0.4) is 0 Å². The van der Waals surface area contributed by atoms with E-state index >= 15 is 0 Å². The number of alkyl halides is 1. The summed E-state index contributed by atoms with van der Waals surface area (Å²) in [6.45, 7) is 3.59. The quantitative estimate of drug-likeness (QED) is 0.323. The number of anilines is 2. The molecule has 1 aliphatic heterocycles.